The molecule has 0 aromatic heterocycles. The van der Waals surface area contributed by atoms with E-state index in [-0.39, 0.29) is 12.0 Å². The highest BCUT2D eigenvalue weighted by Gasteiger charge is 2.26. The number of carbonyl (C=O) groups is 1. The first-order chi connectivity index (χ1) is 9.61. The smallest absolute Gasteiger partial charge is 0.263 e. The normalized spacial score (nSPS) is 20.1. The van der Waals surface area contributed by atoms with Crippen LogP contribution < -0.4 is 4.74 Å². The molecule has 20 heavy (non-hydrogen) atoms. The first kappa shape index (κ1) is 14.4. The monoisotopic (exact) mass is 274 g/mol. The van der Waals surface area contributed by atoms with Gasteiger partial charge in [-0.1, -0.05) is 12.1 Å². The lowest BCUT2D eigenvalue weighted by Crippen LogP contribution is -2.49. The third-order valence-corrected chi connectivity index (χ3v) is 3.21. The Hall–Kier alpha value is -2.06. The molecule has 0 saturated carbocycles. The SMILES string of the molecule is C[C@@H]1CN(C(=O)[C@@H](C)Oc2ccccc2C#N)CCO1. The van der Waals surface area contributed by atoms with Crippen LogP contribution in [0.4, 0.5) is 0 Å². The van der Waals surface area contributed by atoms with Crippen LogP contribution in [0.2, 0.25) is 0 Å². The highest BCUT2D eigenvalue weighted by molar-refractivity contribution is 5.81. The van der Waals surface area contributed by atoms with Crippen LogP contribution in [-0.4, -0.2) is 42.7 Å². The molecule has 1 fully saturated rings. The van der Waals surface area contributed by atoms with Gasteiger partial charge >= 0.3 is 0 Å². The molecule has 0 bridgehead atoms. The Morgan fingerprint density at radius 1 is 1.55 bits per heavy atom. The summed E-state index contributed by atoms with van der Waals surface area (Å²) in [5, 5.41) is 9.01. The zero-order valence-corrected chi connectivity index (χ0v) is 11.7. The zero-order chi connectivity index (χ0) is 14.5. The van der Waals surface area contributed by atoms with E-state index in [1.165, 1.54) is 0 Å². The standard InChI is InChI=1S/C15H18N2O3/c1-11-10-17(7-8-19-11)15(18)12(2)20-14-6-4-3-5-13(14)9-16/h3-6,11-12H,7-8,10H2,1-2H3/t11-,12-/m1/s1. The first-order valence-electron chi connectivity index (χ1n) is 6.68. The number of para-hydroxylation sites is 1. The number of amides is 1. The van der Waals surface area contributed by atoms with Gasteiger partial charge in [0.15, 0.2) is 6.10 Å². The first-order valence-corrected chi connectivity index (χ1v) is 6.68. The third kappa shape index (κ3) is 3.28. The van der Waals surface area contributed by atoms with Crippen molar-refractivity contribution in [2.75, 3.05) is 19.7 Å². The number of nitriles is 1. The van der Waals surface area contributed by atoms with Gasteiger partial charge in [0.1, 0.15) is 11.8 Å². The second-order valence-electron chi connectivity index (χ2n) is 4.83. The molecule has 0 aliphatic carbocycles. The lowest BCUT2D eigenvalue weighted by Gasteiger charge is -2.32. The number of morpholine rings is 1. The number of hydrogen-bond acceptors (Lipinski definition) is 4. The third-order valence-electron chi connectivity index (χ3n) is 3.21. The van der Waals surface area contributed by atoms with Gasteiger partial charge in [0, 0.05) is 13.1 Å². The Balaban J connectivity index is 2.02. The maximum atomic E-state index is 12.3. The van der Waals surface area contributed by atoms with E-state index in [0.29, 0.717) is 31.0 Å². The number of hydrogen-bond donors (Lipinski definition) is 0. The van der Waals surface area contributed by atoms with E-state index in [4.69, 9.17) is 14.7 Å². The predicted molar refractivity (Wildman–Crippen MR) is 73.2 cm³/mol. The minimum absolute atomic E-state index is 0.0475. The minimum Gasteiger partial charge on any atom is -0.480 e. The van der Waals surface area contributed by atoms with Gasteiger partial charge in [-0.2, -0.15) is 5.26 Å². The summed E-state index contributed by atoms with van der Waals surface area (Å²) < 4.78 is 11.0. The van der Waals surface area contributed by atoms with Gasteiger partial charge in [-0.15, -0.1) is 0 Å². The molecule has 1 aliphatic heterocycles. The van der Waals surface area contributed by atoms with E-state index in [1.807, 2.05) is 6.92 Å². The van der Waals surface area contributed by atoms with Crippen molar-refractivity contribution in [3.63, 3.8) is 0 Å². The number of rotatable bonds is 3. The zero-order valence-electron chi connectivity index (χ0n) is 11.7. The van der Waals surface area contributed by atoms with Crippen molar-refractivity contribution in [3.8, 4) is 11.8 Å². The summed E-state index contributed by atoms with van der Waals surface area (Å²) in [6.45, 7) is 5.35. The lowest BCUT2D eigenvalue weighted by atomic mass is 10.2. The van der Waals surface area contributed by atoms with Gasteiger partial charge in [-0.3, -0.25) is 4.79 Å². The Morgan fingerprint density at radius 2 is 2.30 bits per heavy atom. The molecule has 2 atom stereocenters. The number of ether oxygens (including phenoxy) is 2. The summed E-state index contributed by atoms with van der Waals surface area (Å²) in [4.78, 5) is 14.1. The molecule has 1 heterocycles. The molecule has 1 amide bonds. The molecule has 1 aliphatic rings. The largest absolute Gasteiger partial charge is 0.480 e. The van der Waals surface area contributed by atoms with Crippen LogP contribution >= 0.6 is 0 Å². The maximum absolute atomic E-state index is 12.3. The Morgan fingerprint density at radius 3 is 3.00 bits per heavy atom. The van der Waals surface area contributed by atoms with E-state index < -0.39 is 6.10 Å². The van der Waals surface area contributed by atoms with Crippen LogP contribution in [0.3, 0.4) is 0 Å². The quantitative estimate of drug-likeness (QED) is 0.839. The Kier molecular flexibility index (Phi) is 4.59. The van der Waals surface area contributed by atoms with Crippen molar-refractivity contribution in [3.05, 3.63) is 29.8 Å². The molecule has 2 rings (SSSR count). The number of carbonyl (C=O) groups excluding carboxylic acids is 1. The van der Waals surface area contributed by atoms with Gasteiger partial charge in [0.25, 0.3) is 5.91 Å². The summed E-state index contributed by atoms with van der Waals surface area (Å²) in [5.74, 6) is 0.366. The van der Waals surface area contributed by atoms with Gasteiger partial charge in [-0.05, 0) is 26.0 Å². The molecule has 1 aromatic carbocycles. The molecule has 106 valence electrons. The molecule has 0 spiro atoms. The molecular formula is C15H18N2O3. The van der Waals surface area contributed by atoms with E-state index in [2.05, 4.69) is 6.07 Å². The lowest BCUT2D eigenvalue weighted by molar-refractivity contribution is -0.144. The van der Waals surface area contributed by atoms with Gasteiger partial charge in [-0.25, -0.2) is 0 Å². The Labute approximate surface area is 118 Å². The molecule has 5 nitrogen and oxygen atoms in total. The van der Waals surface area contributed by atoms with E-state index in [1.54, 1.807) is 36.1 Å². The van der Waals surface area contributed by atoms with Crippen molar-refractivity contribution in [1.82, 2.24) is 4.90 Å². The van der Waals surface area contributed by atoms with Crippen molar-refractivity contribution >= 4 is 5.91 Å². The molecule has 0 radical (unpaired) electrons. The van der Waals surface area contributed by atoms with Crippen LogP contribution in [0, 0.1) is 11.3 Å². The maximum Gasteiger partial charge on any atom is 0.263 e. The molecule has 1 aromatic rings. The fourth-order valence-corrected chi connectivity index (χ4v) is 2.18. The van der Waals surface area contributed by atoms with Gasteiger partial charge < -0.3 is 14.4 Å². The highest BCUT2D eigenvalue weighted by atomic mass is 16.5. The van der Waals surface area contributed by atoms with Gasteiger partial charge in [0.2, 0.25) is 0 Å². The highest BCUT2D eigenvalue weighted by Crippen LogP contribution is 2.19. The van der Waals surface area contributed by atoms with Crippen LogP contribution in [0.5, 0.6) is 5.75 Å². The van der Waals surface area contributed by atoms with Crippen molar-refractivity contribution in [2.24, 2.45) is 0 Å². The van der Waals surface area contributed by atoms with E-state index in [9.17, 15) is 4.79 Å². The predicted octanol–water partition coefficient (Wildman–Crippen LogP) is 1.57. The Bertz CT molecular complexity index is 524. The van der Waals surface area contributed by atoms with E-state index >= 15 is 0 Å². The summed E-state index contributed by atoms with van der Waals surface area (Å²) in [6.07, 6.45) is -0.568. The van der Waals surface area contributed by atoms with Gasteiger partial charge in [0.05, 0.1) is 18.3 Å². The molecule has 0 unspecified atom stereocenters. The number of benzene rings is 1. The average molecular weight is 274 g/mol. The topological polar surface area (TPSA) is 62.6 Å². The summed E-state index contributed by atoms with van der Waals surface area (Å²) in [7, 11) is 0. The van der Waals surface area contributed by atoms with Crippen LogP contribution in [0.1, 0.15) is 19.4 Å². The number of nitrogens with zero attached hydrogens (tertiary/aromatic N) is 2. The van der Waals surface area contributed by atoms with E-state index in [0.717, 1.165) is 0 Å². The van der Waals surface area contributed by atoms with Crippen LogP contribution in [-0.2, 0) is 9.53 Å². The summed E-state index contributed by atoms with van der Waals surface area (Å²) >= 11 is 0. The summed E-state index contributed by atoms with van der Waals surface area (Å²) in [6, 6.07) is 8.97. The molecule has 1 saturated heterocycles. The second-order valence-corrected chi connectivity index (χ2v) is 4.83. The van der Waals surface area contributed by atoms with Crippen molar-refractivity contribution < 1.29 is 14.3 Å². The minimum atomic E-state index is -0.616. The molecule has 5 heteroatoms. The molecule has 0 N–H and O–H groups in total. The fraction of sp³-hybridized carbons (Fsp3) is 0.467. The molecular weight excluding hydrogens is 256 g/mol. The summed E-state index contributed by atoms with van der Waals surface area (Å²) in [5.41, 5.74) is 0.433. The van der Waals surface area contributed by atoms with Crippen molar-refractivity contribution in [2.45, 2.75) is 26.1 Å². The second kappa shape index (κ2) is 6.40. The fourth-order valence-electron chi connectivity index (χ4n) is 2.18. The van der Waals surface area contributed by atoms with Crippen LogP contribution in [0.25, 0.3) is 0 Å². The average Bonchev–Trinajstić information content (AvgIpc) is 2.47. The van der Waals surface area contributed by atoms with Crippen LogP contribution in [0.15, 0.2) is 24.3 Å². The van der Waals surface area contributed by atoms with Crippen molar-refractivity contribution in [1.29, 1.82) is 5.26 Å².